The lowest BCUT2D eigenvalue weighted by Gasteiger charge is -2.18. The molecule has 0 saturated carbocycles. The third-order valence-corrected chi connectivity index (χ3v) is 4.51. The van der Waals surface area contributed by atoms with E-state index >= 15 is 0 Å². The van der Waals surface area contributed by atoms with Crippen molar-refractivity contribution in [3.63, 3.8) is 0 Å². The zero-order valence-corrected chi connectivity index (χ0v) is 11.4. The van der Waals surface area contributed by atoms with E-state index in [0.29, 0.717) is 6.54 Å². The molecule has 0 atom stereocenters. The van der Waals surface area contributed by atoms with E-state index in [0.717, 1.165) is 11.1 Å². The smallest absolute Gasteiger partial charge is 0.257 e. The van der Waals surface area contributed by atoms with Crippen LogP contribution in [0.15, 0.2) is 59.5 Å². The summed E-state index contributed by atoms with van der Waals surface area (Å²) in [6.45, 7) is 0.362. The van der Waals surface area contributed by atoms with Crippen molar-refractivity contribution in [3.05, 3.63) is 65.7 Å². The summed E-state index contributed by atoms with van der Waals surface area (Å²) < 4.78 is 24.5. The highest BCUT2D eigenvalue weighted by atomic mass is 32.2. The number of hydrazine groups is 1. The van der Waals surface area contributed by atoms with Crippen molar-refractivity contribution < 1.29 is 8.42 Å². The largest absolute Gasteiger partial charge is 0.283 e. The minimum atomic E-state index is -3.66. The average molecular weight is 287 g/mol. The van der Waals surface area contributed by atoms with Crippen LogP contribution < -0.4 is 4.83 Å². The van der Waals surface area contributed by atoms with E-state index in [1.807, 2.05) is 24.3 Å². The molecule has 0 unspecified atom stereocenters. The number of hydrogen-bond acceptors (Lipinski definition) is 3. The number of amidine groups is 1. The first kappa shape index (κ1) is 12.8. The molecule has 6 heteroatoms. The molecular formula is C14H13N3O2S. The van der Waals surface area contributed by atoms with Gasteiger partial charge in [0.2, 0.25) is 0 Å². The highest BCUT2D eigenvalue weighted by Crippen LogP contribution is 2.21. The number of benzene rings is 2. The number of sulfonamides is 1. The zero-order chi connectivity index (χ0) is 14.2. The molecule has 0 bridgehead atoms. The molecule has 1 heterocycles. The van der Waals surface area contributed by atoms with Crippen molar-refractivity contribution in [1.82, 2.24) is 9.84 Å². The van der Waals surface area contributed by atoms with E-state index in [4.69, 9.17) is 5.41 Å². The normalized spacial score (nSPS) is 14.4. The molecule has 0 fully saturated rings. The van der Waals surface area contributed by atoms with E-state index in [1.165, 1.54) is 17.1 Å². The summed E-state index contributed by atoms with van der Waals surface area (Å²) in [6, 6.07) is 15.5. The fourth-order valence-corrected chi connectivity index (χ4v) is 3.23. The number of nitrogens with one attached hydrogen (secondary N) is 2. The molecule has 0 spiro atoms. The molecule has 1 aliphatic rings. The molecule has 1 aliphatic heterocycles. The van der Waals surface area contributed by atoms with Crippen molar-refractivity contribution in [2.24, 2.45) is 0 Å². The Hall–Kier alpha value is -2.18. The Morgan fingerprint density at radius 1 is 1.00 bits per heavy atom. The van der Waals surface area contributed by atoms with Gasteiger partial charge in [0, 0.05) is 5.56 Å². The Kier molecular flexibility index (Phi) is 3.04. The lowest BCUT2D eigenvalue weighted by molar-refractivity contribution is 0.383. The number of nitrogens with zero attached hydrogens (tertiary/aromatic N) is 1. The van der Waals surface area contributed by atoms with Crippen molar-refractivity contribution in [3.8, 4) is 0 Å². The molecule has 3 rings (SSSR count). The van der Waals surface area contributed by atoms with Crippen LogP contribution in [0.5, 0.6) is 0 Å². The summed E-state index contributed by atoms with van der Waals surface area (Å²) in [5.74, 6) is 0.167. The molecule has 20 heavy (non-hydrogen) atoms. The fraction of sp³-hybridized carbons (Fsp3) is 0.0714. The minimum Gasteiger partial charge on any atom is -0.283 e. The van der Waals surface area contributed by atoms with Gasteiger partial charge in [0.05, 0.1) is 11.4 Å². The lowest BCUT2D eigenvalue weighted by atomic mass is 10.1. The Morgan fingerprint density at radius 3 is 2.35 bits per heavy atom. The van der Waals surface area contributed by atoms with Crippen molar-refractivity contribution in [2.45, 2.75) is 11.4 Å². The minimum absolute atomic E-state index is 0.167. The third kappa shape index (κ3) is 2.19. The van der Waals surface area contributed by atoms with Gasteiger partial charge >= 0.3 is 0 Å². The molecule has 5 nitrogen and oxygen atoms in total. The van der Waals surface area contributed by atoms with Gasteiger partial charge in [-0.2, -0.15) is 0 Å². The van der Waals surface area contributed by atoms with Crippen LogP contribution in [-0.2, 0) is 16.6 Å². The van der Waals surface area contributed by atoms with Gasteiger partial charge in [-0.25, -0.2) is 8.42 Å². The summed E-state index contributed by atoms with van der Waals surface area (Å²) in [5, 5.41) is 9.37. The number of rotatable bonds is 3. The Labute approximate surface area is 117 Å². The second-order valence-electron chi connectivity index (χ2n) is 4.50. The highest BCUT2D eigenvalue weighted by Gasteiger charge is 2.27. The second-order valence-corrected chi connectivity index (χ2v) is 6.16. The standard InChI is InChI=1S/C14H13N3O2S/c15-14-13-9-5-4-6-11(13)10-17(14)16-20(18,19)12-7-2-1-3-8-12/h1-9,15-16H,10H2. The first-order chi connectivity index (χ1) is 9.58. The fourth-order valence-electron chi connectivity index (χ4n) is 2.16. The third-order valence-electron chi connectivity index (χ3n) is 3.15. The van der Waals surface area contributed by atoms with Crippen LogP contribution in [0.1, 0.15) is 11.1 Å². The van der Waals surface area contributed by atoms with Crippen LogP contribution in [-0.4, -0.2) is 19.3 Å². The molecule has 0 aliphatic carbocycles. The molecule has 0 aromatic heterocycles. The molecular weight excluding hydrogens is 274 g/mol. The summed E-state index contributed by atoms with van der Waals surface area (Å²) in [4.78, 5) is 2.63. The predicted molar refractivity (Wildman–Crippen MR) is 75.6 cm³/mol. The van der Waals surface area contributed by atoms with Crippen molar-refractivity contribution >= 4 is 15.9 Å². The summed E-state index contributed by atoms with van der Waals surface area (Å²) in [5.41, 5.74) is 1.69. The van der Waals surface area contributed by atoms with Crippen LogP contribution in [0, 0.1) is 5.41 Å². The maximum Gasteiger partial charge on any atom is 0.257 e. The Balaban J connectivity index is 1.86. The molecule has 102 valence electrons. The van der Waals surface area contributed by atoms with Crippen LogP contribution >= 0.6 is 0 Å². The van der Waals surface area contributed by atoms with Crippen LogP contribution in [0.2, 0.25) is 0 Å². The Bertz CT molecular complexity index is 757. The number of fused-ring (bicyclic) bond motifs is 1. The maximum atomic E-state index is 12.2. The number of hydrogen-bond donors (Lipinski definition) is 2. The van der Waals surface area contributed by atoms with Crippen molar-refractivity contribution in [1.29, 1.82) is 5.41 Å². The first-order valence-corrected chi connectivity index (χ1v) is 7.58. The quantitative estimate of drug-likeness (QED) is 0.902. The highest BCUT2D eigenvalue weighted by molar-refractivity contribution is 7.89. The first-order valence-electron chi connectivity index (χ1n) is 6.10. The second kappa shape index (κ2) is 4.73. The molecule has 2 aromatic carbocycles. The summed E-state index contributed by atoms with van der Waals surface area (Å²) >= 11 is 0. The maximum absolute atomic E-state index is 12.2. The van der Waals surface area contributed by atoms with Crippen LogP contribution in [0.4, 0.5) is 0 Å². The lowest BCUT2D eigenvalue weighted by Crippen LogP contribution is -2.42. The molecule has 2 aromatic rings. The van der Waals surface area contributed by atoms with E-state index in [9.17, 15) is 8.42 Å². The molecule has 0 saturated heterocycles. The van der Waals surface area contributed by atoms with E-state index in [1.54, 1.807) is 18.2 Å². The summed E-state index contributed by atoms with van der Waals surface area (Å²) in [6.07, 6.45) is 0. The molecule has 2 N–H and O–H groups in total. The predicted octanol–water partition coefficient (Wildman–Crippen LogP) is 1.72. The Morgan fingerprint density at radius 2 is 1.65 bits per heavy atom. The van der Waals surface area contributed by atoms with Gasteiger partial charge < -0.3 is 0 Å². The monoisotopic (exact) mass is 287 g/mol. The van der Waals surface area contributed by atoms with Gasteiger partial charge in [-0.1, -0.05) is 42.5 Å². The van der Waals surface area contributed by atoms with Gasteiger partial charge in [0.1, 0.15) is 5.84 Å². The SMILES string of the molecule is N=C1c2ccccc2CN1NS(=O)(=O)c1ccccc1. The molecule has 0 radical (unpaired) electrons. The van der Waals surface area contributed by atoms with Crippen molar-refractivity contribution in [2.75, 3.05) is 0 Å². The zero-order valence-electron chi connectivity index (χ0n) is 10.6. The van der Waals surface area contributed by atoms with Gasteiger partial charge in [-0.15, -0.1) is 4.83 Å². The van der Waals surface area contributed by atoms with E-state index < -0.39 is 10.0 Å². The van der Waals surface area contributed by atoms with E-state index in [-0.39, 0.29) is 10.7 Å². The topological polar surface area (TPSA) is 73.3 Å². The molecule has 0 amide bonds. The van der Waals surface area contributed by atoms with Crippen LogP contribution in [0.3, 0.4) is 0 Å². The van der Waals surface area contributed by atoms with Gasteiger partial charge in [-0.3, -0.25) is 10.4 Å². The average Bonchev–Trinajstić information content (AvgIpc) is 2.76. The van der Waals surface area contributed by atoms with E-state index in [2.05, 4.69) is 4.83 Å². The summed E-state index contributed by atoms with van der Waals surface area (Å²) in [7, 11) is -3.66. The van der Waals surface area contributed by atoms with Crippen LogP contribution in [0.25, 0.3) is 0 Å². The van der Waals surface area contributed by atoms with Gasteiger partial charge in [0.25, 0.3) is 10.0 Å². The van der Waals surface area contributed by atoms with Gasteiger partial charge in [-0.05, 0) is 17.7 Å². The van der Waals surface area contributed by atoms with Gasteiger partial charge in [0.15, 0.2) is 0 Å².